The molecule has 0 radical (unpaired) electrons. The number of alkyl carbamates (subject to hydrolysis) is 1. The highest BCUT2D eigenvalue weighted by atomic mass is 16.6. The molecule has 0 unspecified atom stereocenters. The molecule has 0 aliphatic carbocycles. The molecule has 0 atom stereocenters. The summed E-state index contributed by atoms with van der Waals surface area (Å²) in [5.74, 6) is -0.178. The summed E-state index contributed by atoms with van der Waals surface area (Å²) in [5, 5.41) is 2.42. The first-order chi connectivity index (χ1) is 6.76. The van der Waals surface area contributed by atoms with Gasteiger partial charge >= 0.3 is 6.09 Å². The number of rotatable bonds is 3. The van der Waals surface area contributed by atoms with Gasteiger partial charge in [0.1, 0.15) is 5.60 Å². The molecule has 4 nitrogen and oxygen atoms in total. The molecule has 0 bridgehead atoms. The van der Waals surface area contributed by atoms with Gasteiger partial charge in [0.15, 0.2) is 5.78 Å². The van der Waals surface area contributed by atoms with E-state index in [0.717, 1.165) is 0 Å². The monoisotopic (exact) mass is 213 g/mol. The number of hydrogen-bond donors (Lipinski definition) is 1. The molecule has 0 aromatic carbocycles. The van der Waals surface area contributed by atoms with Crippen LogP contribution in [0.2, 0.25) is 0 Å². The lowest BCUT2D eigenvalue weighted by atomic mass is 10.2. The number of nitrogens with one attached hydrogen (secondary N) is 1. The largest absolute Gasteiger partial charge is 0.444 e. The molecular formula is C11H19NO3. The highest BCUT2D eigenvalue weighted by Gasteiger charge is 2.17. The lowest BCUT2D eigenvalue weighted by Gasteiger charge is -2.20. The third kappa shape index (κ3) is 6.71. The van der Waals surface area contributed by atoms with E-state index in [1.54, 1.807) is 26.8 Å². The molecule has 86 valence electrons. The normalized spacial score (nSPS) is 12.2. The average molecular weight is 213 g/mol. The third-order valence-electron chi connectivity index (χ3n) is 1.42. The van der Waals surface area contributed by atoms with Gasteiger partial charge in [0.05, 0.1) is 5.70 Å². The summed E-state index contributed by atoms with van der Waals surface area (Å²) in [7, 11) is 0. The van der Waals surface area contributed by atoms with Gasteiger partial charge in [0.25, 0.3) is 0 Å². The highest BCUT2D eigenvalue weighted by molar-refractivity contribution is 5.96. The average Bonchev–Trinajstić information content (AvgIpc) is 1.99. The third-order valence-corrected chi connectivity index (χ3v) is 1.42. The second-order valence-corrected chi connectivity index (χ2v) is 4.21. The Morgan fingerprint density at radius 2 is 1.87 bits per heavy atom. The molecule has 0 rings (SSSR count). The molecule has 0 fully saturated rings. The van der Waals surface area contributed by atoms with E-state index in [4.69, 9.17) is 4.74 Å². The van der Waals surface area contributed by atoms with Crippen LogP contribution < -0.4 is 5.32 Å². The van der Waals surface area contributed by atoms with Crippen LogP contribution in [-0.2, 0) is 9.53 Å². The summed E-state index contributed by atoms with van der Waals surface area (Å²) in [6.45, 7) is 8.59. The van der Waals surface area contributed by atoms with Crippen molar-refractivity contribution < 1.29 is 14.3 Å². The lowest BCUT2D eigenvalue weighted by molar-refractivity contribution is -0.114. The fraction of sp³-hybridized carbons (Fsp3) is 0.636. The van der Waals surface area contributed by atoms with Crippen LogP contribution >= 0.6 is 0 Å². The summed E-state index contributed by atoms with van der Waals surface area (Å²) < 4.78 is 5.02. The van der Waals surface area contributed by atoms with E-state index in [0.29, 0.717) is 6.42 Å². The summed E-state index contributed by atoms with van der Waals surface area (Å²) in [4.78, 5) is 22.4. The summed E-state index contributed by atoms with van der Waals surface area (Å²) in [6.07, 6.45) is 1.74. The summed E-state index contributed by atoms with van der Waals surface area (Å²) in [5.41, 5.74) is -0.273. The Balaban J connectivity index is 4.38. The predicted molar refractivity (Wildman–Crippen MR) is 58.4 cm³/mol. The summed E-state index contributed by atoms with van der Waals surface area (Å²) >= 11 is 0. The molecule has 0 saturated carbocycles. The van der Waals surface area contributed by atoms with Crippen molar-refractivity contribution in [2.75, 3.05) is 0 Å². The first kappa shape index (κ1) is 13.7. The molecule has 0 heterocycles. The van der Waals surface area contributed by atoms with Crippen LogP contribution in [0.25, 0.3) is 0 Å². The molecule has 0 aromatic rings. The van der Waals surface area contributed by atoms with E-state index in [1.165, 1.54) is 6.92 Å². The van der Waals surface area contributed by atoms with E-state index < -0.39 is 11.7 Å². The SMILES string of the molecule is CC/C=C(\NC(=O)OC(C)(C)C)C(C)=O. The predicted octanol–water partition coefficient (Wildman–Crippen LogP) is 2.39. The van der Waals surface area contributed by atoms with E-state index in [9.17, 15) is 9.59 Å². The molecule has 1 N–H and O–H groups in total. The molecule has 0 aromatic heterocycles. The number of hydrogen-bond acceptors (Lipinski definition) is 3. The van der Waals surface area contributed by atoms with Gasteiger partial charge in [-0.3, -0.25) is 10.1 Å². The summed E-state index contributed by atoms with van der Waals surface area (Å²) in [6, 6.07) is 0. The number of allylic oxidation sites excluding steroid dienone is 2. The number of amides is 1. The number of carbonyl (C=O) groups is 2. The van der Waals surface area contributed by atoms with Crippen molar-refractivity contribution in [2.45, 2.75) is 46.6 Å². The van der Waals surface area contributed by atoms with Gasteiger partial charge in [-0.15, -0.1) is 0 Å². The van der Waals surface area contributed by atoms with Gasteiger partial charge in [-0.1, -0.05) is 13.0 Å². The van der Waals surface area contributed by atoms with Gasteiger partial charge in [-0.2, -0.15) is 0 Å². The first-order valence-electron chi connectivity index (χ1n) is 4.97. The maximum atomic E-state index is 11.3. The van der Waals surface area contributed by atoms with E-state index in [1.807, 2.05) is 6.92 Å². The Hall–Kier alpha value is -1.32. The zero-order chi connectivity index (χ0) is 12.1. The van der Waals surface area contributed by atoms with Gasteiger partial charge in [-0.05, 0) is 27.2 Å². The zero-order valence-corrected chi connectivity index (χ0v) is 10.0. The lowest BCUT2D eigenvalue weighted by Crippen LogP contribution is -2.33. The number of ether oxygens (including phenoxy) is 1. The van der Waals surface area contributed by atoms with Crippen molar-refractivity contribution >= 4 is 11.9 Å². The van der Waals surface area contributed by atoms with Crippen LogP contribution in [0.5, 0.6) is 0 Å². The molecule has 4 heteroatoms. The van der Waals surface area contributed by atoms with Crippen molar-refractivity contribution in [3.63, 3.8) is 0 Å². The van der Waals surface area contributed by atoms with Gasteiger partial charge in [0.2, 0.25) is 0 Å². The van der Waals surface area contributed by atoms with Gasteiger partial charge < -0.3 is 4.74 Å². The van der Waals surface area contributed by atoms with Crippen molar-refractivity contribution in [2.24, 2.45) is 0 Å². The molecule has 0 spiro atoms. The van der Waals surface area contributed by atoms with Crippen LogP contribution in [0.3, 0.4) is 0 Å². The van der Waals surface area contributed by atoms with Crippen molar-refractivity contribution in [3.8, 4) is 0 Å². The second kappa shape index (κ2) is 5.53. The van der Waals surface area contributed by atoms with Crippen LogP contribution in [-0.4, -0.2) is 17.5 Å². The van der Waals surface area contributed by atoms with Crippen LogP contribution in [0.1, 0.15) is 41.0 Å². The maximum absolute atomic E-state index is 11.3. The number of carbonyl (C=O) groups excluding carboxylic acids is 2. The fourth-order valence-corrected chi connectivity index (χ4v) is 0.900. The molecule has 15 heavy (non-hydrogen) atoms. The Labute approximate surface area is 90.7 Å². The standard InChI is InChI=1S/C11H19NO3/c1-6-7-9(8(2)13)12-10(14)15-11(3,4)5/h7H,6H2,1-5H3,(H,12,14)/b9-7-. The molecule has 0 aliphatic heterocycles. The smallest absolute Gasteiger partial charge is 0.412 e. The van der Waals surface area contributed by atoms with E-state index in [2.05, 4.69) is 5.32 Å². The zero-order valence-electron chi connectivity index (χ0n) is 10.0. The van der Waals surface area contributed by atoms with Crippen molar-refractivity contribution in [3.05, 3.63) is 11.8 Å². The number of Topliss-reactive ketones (excluding diaryl/α,β-unsaturated/α-hetero) is 1. The highest BCUT2D eigenvalue weighted by Crippen LogP contribution is 2.07. The van der Waals surface area contributed by atoms with E-state index >= 15 is 0 Å². The van der Waals surface area contributed by atoms with Gasteiger partial charge in [-0.25, -0.2) is 4.79 Å². The quantitative estimate of drug-likeness (QED) is 0.732. The molecule has 0 aliphatic rings. The van der Waals surface area contributed by atoms with Crippen LogP contribution in [0, 0.1) is 0 Å². The Morgan fingerprint density at radius 1 is 1.33 bits per heavy atom. The van der Waals surface area contributed by atoms with Crippen molar-refractivity contribution in [1.82, 2.24) is 5.32 Å². The van der Waals surface area contributed by atoms with Crippen LogP contribution in [0.15, 0.2) is 11.8 Å². The minimum atomic E-state index is -0.600. The maximum Gasteiger partial charge on any atom is 0.412 e. The second-order valence-electron chi connectivity index (χ2n) is 4.21. The minimum absolute atomic E-state index is 0.178. The molecule has 1 amide bonds. The van der Waals surface area contributed by atoms with Gasteiger partial charge in [0, 0.05) is 6.92 Å². The fourth-order valence-electron chi connectivity index (χ4n) is 0.900. The Kier molecular flexibility index (Phi) is 5.05. The Morgan fingerprint density at radius 3 is 2.20 bits per heavy atom. The first-order valence-corrected chi connectivity index (χ1v) is 4.97. The molecular weight excluding hydrogens is 194 g/mol. The topological polar surface area (TPSA) is 55.4 Å². The van der Waals surface area contributed by atoms with E-state index in [-0.39, 0.29) is 11.5 Å². The Bertz CT molecular complexity index is 274. The van der Waals surface area contributed by atoms with Crippen molar-refractivity contribution in [1.29, 1.82) is 0 Å². The molecule has 0 saturated heterocycles. The number of ketones is 1. The minimum Gasteiger partial charge on any atom is -0.444 e. The van der Waals surface area contributed by atoms with Crippen LogP contribution in [0.4, 0.5) is 4.79 Å².